The number of halogens is 2. The SMILES string of the molecule is COC(=O)c1nn(Cc2ccc(F)cc2Cl)c2cc(OC)ccc12. The Labute approximate surface area is 142 Å². The number of carbonyl (C=O) groups excluding carboxylic acids is 1. The van der Waals surface area contributed by atoms with Crippen LogP contribution in [0.5, 0.6) is 5.75 Å². The first kappa shape index (κ1) is 16.3. The number of ether oxygens (including phenoxy) is 2. The highest BCUT2D eigenvalue weighted by Gasteiger charge is 2.19. The second-order valence-corrected chi connectivity index (χ2v) is 5.52. The van der Waals surface area contributed by atoms with Crippen molar-refractivity contribution in [1.29, 1.82) is 0 Å². The van der Waals surface area contributed by atoms with Crippen LogP contribution in [0.3, 0.4) is 0 Å². The Balaban J connectivity index is 2.13. The zero-order valence-corrected chi connectivity index (χ0v) is 13.8. The molecule has 0 saturated heterocycles. The summed E-state index contributed by atoms with van der Waals surface area (Å²) in [6.07, 6.45) is 0. The molecule has 3 rings (SSSR count). The molecule has 0 radical (unpaired) electrons. The molecular formula is C17H14ClFN2O3. The lowest BCUT2D eigenvalue weighted by Gasteiger charge is -2.07. The Morgan fingerprint density at radius 2 is 2.04 bits per heavy atom. The van der Waals surface area contributed by atoms with Gasteiger partial charge in [-0.1, -0.05) is 17.7 Å². The van der Waals surface area contributed by atoms with Gasteiger partial charge >= 0.3 is 5.97 Å². The molecule has 0 saturated carbocycles. The fourth-order valence-corrected chi connectivity index (χ4v) is 2.69. The maximum absolute atomic E-state index is 13.2. The summed E-state index contributed by atoms with van der Waals surface area (Å²) < 4.78 is 24.8. The lowest BCUT2D eigenvalue weighted by atomic mass is 10.2. The summed E-state index contributed by atoms with van der Waals surface area (Å²) in [6.45, 7) is 0.278. The van der Waals surface area contributed by atoms with E-state index in [9.17, 15) is 9.18 Å². The summed E-state index contributed by atoms with van der Waals surface area (Å²) in [6, 6.07) is 9.41. The number of esters is 1. The van der Waals surface area contributed by atoms with E-state index < -0.39 is 11.8 Å². The minimum atomic E-state index is -0.533. The largest absolute Gasteiger partial charge is 0.497 e. The minimum absolute atomic E-state index is 0.202. The van der Waals surface area contributed by atoms with E-state index in [2.05, 4.69) is 5.10 Å². The predicted molar refractivity (Wildman–Crippen MR) is 88.1 cm³/mol. The van der Waals surface area contributed by atoms with Gasteiger partial charge in [0, 0.05) is 16.5 Å². The third kappa shape index (κ3) is 2.92. The zero-order chi connectivity index (χ0) is 17.3. The van der Waals surface area contributed by atoms with E-state index in [4.69, 9.17) is 21.1 Å². The van der Waals surface area contributed by atoms with Gasteiger partial charge in [0.05, 0.1) is 26.3 Å². The summed E-state index contributed by atoms with van der Waals surface area (Å²) in [7, 11) is 2.85. The number of nitrogens with zero attached hydrogens (tertiary/aromatic N) is 2. The molecule has 0 N–H and O–H groups in total. The number of methoxy groups -OCH3 is 2. The first-order chi connectivity index (χ1) is 11.5. The van der Waals surface area contributed by atoms with Crippen molar-refractivity contribution in [3.63, 3.8) is 0 Å². The van der Waals surface area contributed by atoms with E-state index in [-0.39, 0.29) is 12.2 Å². The quantitative estimate of drug-likeness (QED) is 0.675. The monoisotopic (exact) mass is 348 g/mol. The predicted octanol–water partition coefficient (Wildman–Crippen LogP) is 3.67. The summed E-state index contributed by atoms with van der Waals surface area (Å²) >= 11 is 6.09. The van der Waals surface area contributed by atoms with Crippen LogP contribution in [-0.4, -0.2) is 30.0 Å². The standard InChI is InChI=1S/C17H14ClFN2O3/c1-23-12-5-6-13-15(8-12)21(20-16(13)17(22)24-2)9-10-3-4-11(19)7-14(10)18/h3-8H,9H2,1-2H3. The Morgan fingerprint density at radius 1 is 1.25 bits per heavy atom. The molecule has 5 nitrogen and oxygen atoms in total. The van der Waals surface area contributed by atoms with Gasteiger partial charge in [-0.05, 0) is 29.8 Å². The van der Waals surface area contributed by atoms with E-state index in [0.717, 1.165) is 0 Å². The number of aromatic nitrogens is 2. The highest BCUT2D eigenvalue weighted by molar-refractivity contribution is 6.31. The molecule has 2 aromatic carbocycles. The average Bonchev–Trinajstić information content (AvgIpc) is 2.94. The van der Waals surface area contributed by atoms with E-state index in [0.29, 0.717) is 27.2 Å². The number of benzene rings is 2. The third-order valence-corrected chi connectivity index (χ3v) is 4.02. The third-order valence-electron chi connectivity index (χ3n) is 3.67. The van der Waals surface area contributed by atoms with Gasteiger partial charge in [0.25, 0.3) is 0 Å². The van der Waals surface area contributed by atoms with Crippen molar-refractivity contribution in [2.24, 2.45) is 0 Å². The van der Waals surface area contributed by atoms with Gasteiger partial charge in [-0.3, -0.25) is 4.68 Å². The first-order valence-electron chi connectivity index (χ1n) is 7.10. The van der Waals surface area contributed by atoms with Gasteiger partial charge in [0.2, 0.25) is 0 Å². The lowest BCUT2D eigenvalue weighted by Crippen LogP contribution is -2.06. The normalized spacial score (nSPS) is 10.8. The van der Waals surface area contributed by atoms with Crippen molar-refractivity contribution in [3.8, 4) is 5.75 Å². The fourth-order valence-electron chi connectivity index (χ4n) is 2.46. The van der Waals surface area contributed by atoms with Crippen LogP contribution in [-0.2, 0) is 11.3 Å². The second kappa shape index (κ2) is 6.49. The van der Waals surface area contributed by atoms with Crippen molar-refractivity contribution in [2.75, 3.05) is 14.2 Å². The maximum Gasteiger partial charge on any atom is 0.359 e. The van der Waals surface area contributed by atoms with Gasteiger partial charge in [0.15, 0.2) is 5.69 Å². The molecule has 124 valence electrons. The Bertz CT molecular complexity index is 924. The molecular weight excluding hydrogens is 335 g/mol. The van der Waals surface area contributed by atoms with E-state index in [1.807, 2.05) is 0 Å². The molecule has 0 amide bonds. The molecule has 0 aliphatic carbocycles. The molecule has 0 atom stereocenters. The van der Waals surface area contributed by atoms with Crippen molar-refractivity contribution < 1.29 is 18.7 Å². The topological polar surface area (TPSA) is 53.3 Å². The zero-order valence-electron chi connectivity index (χ0n) is 13.0. The van der Waals surface area contributed by atoms with Gasteiger partial charge in [0.1, 0.15) is 11.6 Å². The lowest BCUT2D eigenvalue weighted by molar-refractivity contribution is 0.0595. The molecule has 1 heterocycles. The smallest absolute Gasteiger partial charge is 0.359 e. The summed E-state index contributed by atoms with van der Waals surface area (Å²) in [5.74, 6) is -0.314. The van der Waals surface area contributed by atoms with Crippen molar-refractivity contribution >= 4 is 28.5 Å². The van der Waals surface area contributed by atoms with Crippen molar-refractivity contribution in [2.45, 2.75) is 6.54 Å². The molecule has 7 heteroatoms. The number of carbonyl (C=O) groups is 1. The fraction of sp³-hybridized carbons (Fsp3) is 0.176. The van der Waals surface area contributed by atoms with Crippen LogP contribution < -0.4 is 4.74 Å². The summed E-state index contributed by atoms with van der Waals surface area (Å²) in [5.41, 5.74) is 1.57. The average molecular weight is 349 g/mol. The van der Waals surface area contributed by atoms with Crippen LogP contribution in [0.25, 0.3) is 10.9 Å². The molecule has 1 aromatic heterocycles. The molecule has 0 aliphatic rings. The Hall–Kier alpha value is -2.60. The molecule has 24 heavy (non-hydrogen) atoms. The number of rotatable bonds is 4. The van der Waals surface area contributed by atoms with Crippen LogP contribution in [0.4, 0.5) is 4.39 Å². The Kier molecular flexibility index (Phi) is 4.40. The van der Waals surface area contributed by atoms with Crippen LogP contribution in [0.15, 0.2) is 36.4 Å². The number of fused-ring (bicyclic) bond motifs is 1. The summed E-state index contributed by atoms with van der Waals surface area (Å²) in [5, 5.41) is 5.26. The Morgan fingerprint density at radius 3 is 2.71 bits per heavy atom. The molecule has 0 fully saturated rings. The van der Waals surface area contributed by atoms with Crippen LogP contribution >= 0.6 is 11.6 Å². The maximum atomic E-state index is 13.2. The van der Waals surface area contributed by atoms with Crippen LogP contribution in [0, 0.1) is 5.82 Å². The van der Waals surface area contributed by atoms with Crippen molar-refractivity contribution in [3.05, 3.63) is 58.5 Å². The van der Waals surface area contributed by atoms with Crippen LogP contribution in [0.1, 0.15) is 16.1 Å². The van der Waals surface area contributed by atoms with E-state index in [1.54, 1.807) is 36.1 Å². The number of hydrogen-bond donors (Lipinski definition) is 0. The molecule has 0 bridgehead atoms. The van der Waals surface area contributed by atoms with Gasteiger partial charge < -0.3 is 9.47 Å². The highest BCUT2D eigenvalue weighted by atomic mass is 35.5. The number of hydrogen-bond acceptors (Lipinski definition) is 4. The first-order valence-corrected chi connectivity index (χ1v) is 7.48. The van der Waals surface area contributed by atoms with Gasteiger partial charge in [-0.2, -0.15) is 5.10 Å². The van der Waals surface area contributed by atoms with Gasteiger partial charge in [-0.25, -0.2) is 9.18 Å². The minimum Gasteiger partial charge on any atom is -0.497 e. The molecule has 0 aliphatic heterocycles. The van der Waals surface area contributed by atoms with E-state index >= 15 is 0 Å². The highest BCUT2D eigenvalue weighted by Crippen LogP contribution is 2.26. The van der Waals surface area contributed by atoms with Crippen LogP contribution in [0.2, 0.25) is 5.02 Å². The van der Waals surface area contributed by atoms with Crippen molar-refractivity contribution in [1.82, 2.24) is 9.78 Å². The molecule has 3 aromatic rings. The van der Waals surface area contributed by atoms with E-state index in [1.165, 1.54) is 19.2 Å². The summed E-state index contributed by atoms with van der Waals surface area (Å²) in [4.78, 5) is 12.0. The van der Waals surface area contributed by atoms with Gasteiger partial charge in [-0.15, -0.1) is 0 Å². The molecule has 0 spiro atoms. The second-order valence-electron chi connectivity index (χ2n) is 5.12. The molecule has 0 unspecified atom stereocenters.